The van der Waals surface area contributed by atoms with E-state index in [1.165, 1.54) is 24.9 Å². The Balaban J connectivity index is 1.74. The van der Waals surface area contributed by atoms with E-state index in [-0.39, 0.29) is 0 Å². The highest BCUT2D eigenvalue weighted by Gasteiger charge is 2.14. The molecule has 1 heterocycles. The van der Waals surface area contributed by atoms with E-state index in [1.54, 1.807) is 0 Å². The SMILES string of the molecule is CC(Cc1cccc(Cl)c1)NCC1CCCN1. The lowest BCUT2D eigenvalue weighted by atomic mass is 10.1. The van der Waals surface area contributed by atoms with Gasteiger partial charge < -0.3 is 10.6 Å². The van der Waals surface area contributed by atoms with Gasteiger partial charge in [0, 0.05) is 23.7 Å². The molecule has 2 unspecified atom stereocenters. The molecule has 1 saturated heterocycles. The molecule has 2 nitrogen and oxygen atoms in total. The summed E-state index contributed by atoms with van der Waals surface area (Å²) in [5, 5.41) is 7.91. The van der Waals surface area contributed by atoms with Crippen LogP contribution in [0.15, 0.2) is 24.3 Å². The number of nitrogens with one attached hydrogen (secondary N) is 2. The van der Waals surface area contributed by atoms with Crippen LogP contribution in [0.5, 0.6) is 0 Å². The number of rotatable bonds is 5. The van der Waals surface area contributed by atoms with Gasteiger partial charge in [0.1, 0.15) is 0 Å². The first-order valence-corrected chi connectivity index (χ1v) is 6.83. The van der Waals surface area contributed by atoms with Crippen molar-refractivity contribution in [2.24, 2.45) is 0 Å². The molecule has 0 aliphatic carbocycles. The Morgan fingerprint density at radius 3 is 3.12 bits per heavy atom. The van der Waals surface area contributed by atoms with E-state index in [0.717, 1.165) is 18.0 Å². The van der Waals surface area contributed by atoms with Crippen molar-refractivity contribution >= 4 is 11.6 Å². The standard InChI is InChI=1S/C14H21ClN2/c1-11(17-10-14-6-3-7-16-14)8-12-4-2-5-13(15)9-12/h2,4-5,9,11,14,16-17H,3,6-8,10H2,1H3. The molecule has 1 aromatic rings. The van der Waals surface area contributed by atoms with Crippen molar-refractivity contribution in [3.05, 3.63) is 34.9 Å². The first-order chi connectivity index (χ1) is 8.24. The predicted molar refractivity (Wildman–Crippen MR) is 73.6 cm³/mol. The van der Waals surface area contributed by atoms with Crippen molar-refractivity contribution in [2.75, 3.05) is 13.1 Å². The molecule has 0 saturated carbocycles. The molecule has 1 aromatic carbocycles. The molecule has 1 fully saturated rings. The van der Waals surface area contributed by atoms with Crippen LogP contribution in [-0.4, -0.2) is 25.2 Å². The maximum Gasteiger partial charge on any atom is 0.0408 e. The largest absolute Gasteiger partial charge is 0.313 e. The van der Waals surface area contributed by atoms with Crippen LogP contribution >= 0.6 is 11.6 Å². The van der Waals surface area contributed by atoms with Gasteiger partial charge >= 0.3 is 0 Å². The van der Waals surface area contributed by atoms with E-state index in [4.69, 9.17) is 11.6 Å². The second kappa shape index (κ2) is 6.39. The summed E-state index contributed by atoms with van der Waals surface area (Å²) in [7, 11) is 0. The molecule has 1 aliphatic rings. The molecular formula is C14H21ClN2. The molecule has 0 amide bonds. The van der Waals surface area contributed by atoms with Gasteiger partial charge in [0.05, 0.1) is 0 Å². The fourth-order valence-corrected chi connectivity index (χ4v) is 2.58. The zero-order chi connectivity index (χ0) is 12.1. The summed E-state index contributed by atoms with van der Waals surface area (Å²) in [6.45, 7) is 4.48. The second-order valence-electron chi connectivity index (χ2n) is 4.94. The van der Waals surface area contributed by atoms with E-state index in [0.29, 0.717) is 12.1 Å². The molecule has 2 rings (SSSR count). The maximum atomic E-state index is 5.98. The van der Waals surface area contributed by atoms with Crippen molar-refractivity contribution in [3.63, 3.8) is 0 Å². The molecule has 0 aromatic heterocycles. The average molecular weight is 253 g/mol. The second-order valence-corrected chi connectivity index (χ2v) is 5.37. The van der Waals surface area contributed by atoms with Crippen LogP contribution in [0.4, 0.5) is 0 Å². The van der Waals surface area contributed by atoms with E-state index in [9.17, 15) is 0 Å². The highest BCUT2D eigenvalue weighted by atomic mass is 35.5. The van der Waals surface area contributed by atoms with Gasteiger partial charge in [0.25, 0.3) is 0 Å². The number of hydrogen-bond donors (Lipinski definition) is 2. The lowest BCUT2D eigenvalue weighted by Crippen LogP contribution is -2.39. The minimum Gasteiger partial charge on any atom is -0.313 e. The summed E-state index contributed by atoms with van der Waals surface area (Å²) < 4.78 is 0. The number of halogens is 1. The highest BCUT2D eigenvalue weighted by molar-refractivity contribution is 6.30. The Bertz CT molecular complexity index is 348. The van der Waals surface area contributed by atoms with E-state index < -0.39 is 0 Å². The van der Waals surface area contributed by atoms with Crippen LogP contribution in [0.2, 0.25) is 5.02 Å². The summed E-state index contributed by atoms with van der Waals surface area (Å²) in [6, 6.07) is 9.28. The minimum absolute atomic E-state index is 0.496. The van der Waals surface area contributed by atoms with E-state index in [2.05, 4.69) is 23.6 Å². The van der Waals surface area contributed by atoms with Crippen LogP contribution in [0.25, 0.3) is 0 Å². The minimum atomic E-state index is 0.496. The van der Waals surface area contributed by atoms with Gasteiger partial charge in [-0.1, -0.05) is 23.7 Å². The molecular weight excluding hydrogens is 232 g/mol. The zero-order valence-corrected chi connectivity index (χ0v) is 11.1. The predicted octanol–water partition coefficient (Wildman–Crippen LogP) is 2.61. The molecule has 3 heteroatoms. The first kappa shape index (κ1) is 12.9. The normalized spacial score (nSPS) is 21.6. The topological polar surface area (TPSA) is 24.1 Å². The summed E-state index contributed by atoms with van der Waals surface area (Å²) in [4.78, 5) is 0. The summed E-state index contributed by atoms with van der Waals surface area (Å²) in [6.07, 6.45) is 3.65. The zero-order valence-electron chi connectivity index (χ0n) is 10.4. The van der Waals surface area contributed by atoms with E-state index >= 15 is 0 Å². The third-order valence-electron chi connectivity index (χ3n) is 3.31. The van der Waals surface area contributed by atoms with Crippen molar-refractivity contribution in [1.82, 2.24) is 10.6 Å². The third-order valence-corrected chi connectivity index (χ3v) is 3.54. The fraction of sp³-hybridized carbons (Fsp3) is 0.571. The Labute approximate surface area is 109 Å². The molecule has 0 bridgehead atoms. The molecule has 0 radical (unpaired) electrons. The fourth-order valence-electron chi connectivity index (χ4n) is 2.36. The number of hydrogen-bond acceptors (Lipinski definition) is 2. The third kappa shape index (κ3) is 4.30. The van der Waals surface area contributed by atoms with Gasteiger partial charge in [-0.25, -0.2) is 0 Å². The van der Waals surface area contributed by atoms with Crippen molar-refractivity contribution in [1.29, 1.82) is 0 Å². The van der Waals surface area contributed by atoms with Gasteiger partial charge in [-0.05, 0) is 50.4 Å². The van der Waals surface area contributed by atoms with Gasteiger partial charge in [0.15, 0.2) is 0 Å². The first-order valence-electron chi connectivity index (χ1n) is 6.45. The smallest absolute Gasteiger partial charge is 0.0408 e. The van der Waals surface area contributed by atoms with Gasteiger partial charge in [0.2, 0.25) is 0 Å². The van der Waals surface area contributed by atoms with Gasteiger partial charge in [-0.2, -0.15) is 0 Å². The summed E-state index contributed by atoms with van der Waals surface area (Å²) in [5.41, 5.74) is 1.30. The number of benzene rings is 1. The Morgan fingerprint density at radius 1 is 1.53 bits per heavy atom. The lowest BCUT2D eigenvalue weighted by Gasteiger charge is -2.17. The molecule has 17 heavy (non-hydrogen) atoms. The van der Waals surface area contributed by atoms with Crippen molar-refractivity contribution in [3.8, 4) is 0 Å². The molecule has 94 valence electrons. The lowest BCUT2D eigenvalue weighted by molar-refractivity contribution is 0.477. The Hall–Kier alpha value is -0.570. The Kier molecular flexibility index (Phi) is 4.84. The van der Waals surface area contributed by atoms with Crippen molar-refractivity contribution in [2.45, 2.75) is 38.3 Å². The van der Waals surface area contributed by atoms with Crippen LogP contribution in [0, 0.1) is 0 Å². The van der Waals surface area contributed by atoms with Crippen LogP contribution in [0.3, 0.4) is 0 Å². The maximum absolute atomic E-state index is 5.98. The van der Waals surface area contributed by atoms with Crippen LogP contribution in [-0.2, 0) is 6.42 Å². The Morgan fingerprint density at radius 2 is 2.41 bits per heavy atom. The quantitative estimate of drug-likeness (QED) is 0.842. The van der Waals surface area contributed by atoms with E-state index in [1.807, 2.05) is 18.2 Å². The summed E-state index contributed by atoms with van der Waals surface area (Å²) >= 11 is 5.98. The summed E-state index contributed by atoms with van der Waals surface area (Å²) in [5.74, 6) is 0. The molecule has 2 atom stereocenters. The average Bonchev–Trinajstić information content (AvgIpc) is 2.79. The highest BCUT2D eigenvalue weighted by Crippen LogP contribution is 2.12. The van der Waals surface area contributed by atoms with Crippen LogP contribution < -0.4 is 10.6 Å². The van der Waals surface area contributed by atoms with Crippen molar-refractivity contribution < 1.29 is 0 Å². The van der Waals surface area contributed by atoms with Crippen LogP contribution in [0.1, 0.15) is 25.3 Å². The molecule has 0 spiro atoms. The monoisotopic (exact) mass is 252 g/mol. The van der Waals surface area contributed by atoms with Gasteiger partial charge in [-0.15, -0.1) is 0 Å². The molecule has 2 N–H and O–H groups in total. The molecule has 1 aliphatic heterocycles. The van der Waals surface area contributed by atoms with Gasteiger partial charge in [-0.3, -0.25) is 0 Å².